The number of sulfone groups is 1. The summed E-state index contributed by atoms with van der Waals surface area (Å²) in [5.41, 5.74) is -1.62. The Morgan fingerprint density at radius 3 is 1.74 bits per heavy atom. The molecule has 2 rings (SSSR count). The summed E-state index contributed by atoms with van der Waals surface area (Å²) in [6.07, 6.45) is -1.47. The van der Waals surface area contributed by atoms with E-state index in [-0.39, 0.29) is 0 Å². The Hall–Kier alpha value is -1.87. The monoisotopic (exact) mass is 428 g/mol. The summed E-state index contributed by atoms with van der Waals surface area (Å²) in [5.74, 6) is 0. The molecule has 0 radical (unpaired) electrons. The van der Waals surface area contributed by atoms with E-state index in [2.05, 4.69) is 4.98 Å². The van der Waals surface area contributed by atoms with E-state index in [1.54, 1.807) is 0 Å². The molecular formula is C17H24ClF3N2O3S. The van der Waals surface area contributed by atoms with Gasteiger partial charge in [-0.05, 0) is 24.3 Å². The van der Waals surface area contributed by atoms with Crippen LogP contribution in [0.2, 0.25) is 5.02 Å². The molecule has 5 nitrogen and oxygen atoms in total. The summed E-state index contributed by atoms with van der Waals surface area (Å²) in [4.78, 5) is 14.8. The normalized spacial score (nSPS) is 10.3. The highest BCUT2D eigenvalue weighted by Crippen LogP contribution is 2.26. The number of hydrogen-bond acceptors (Lipinski definition) is 4. The van der Waals surface area contributed by atoms with Crippen molar-refractivity contribution < 1.29 is 21.6 Å². The molecule has 0 saturated heterocycles. The van der Waals surface area contributed by atoms with Crippen molar-refractivity contribution in [2.75, 3.05) is 12.5 Å². The van der Waals surface area contributed by atoms with E-state index in [0.717, 1.165) is 23.4 Å². The van der Waals surface area contributed by atoms with Gasteiger partial charge >= 0.3 is 6.18 Å². The van der Waals surface area contributed by atoms with Gasteiger partial charge < -0.3 is 0 Å². The topological polar surface area (TPSA) is 69.0 Å². The lowest BCUT2D eigenvalue weighted by atomic mass is 10.3. The molecule has 0 atom stereocenters. The summed E-state index contributed by atoms with van der Waals surface area (Å²) < 4.78 is 57.2. The van der Waals surface area contributed by atoms with Crippen LogP contribution in [0.5, 0.6) is 0 Å². The van der Waals surface area contributed by atoms with Gasteiger partial charge in [-0.25, -0.2) is 13.4 Å². The molecule has 0 aliphatic carbocycles. The SMILES string of the molecule is CC.CC.CS(C)(=O)=O.O=c1cc(C(F)(F)F)ncn1-c1ccc(Cl)cc1. The van der Waals surface area contributed by atoms with Crippen LogP contribution in [0.4, 0.5) is 13.2 Å². The van der Waals surface area contributed by atoms with E-state index in [4.69, 9.17) is 11.6 Å². The molecule has 0 unspecified atom stereocenters. The Bertz CT molecular complexity index is 826. The minimum absolute atomic E-state index is 0.394. The van der Waals surface area contributed by atoms with Crippen molar-refractivity contribution in [2.24, 2.45) is 0 Å². The van der Waals surface area contributed by atoms with Crippen LogP contribution in [0.1, 0.15) is 33.4 Å². The zero-order chi connectivity index (χ0) is 21.8. The summed E-state index contributed by atoms with van der Waals surface area (Å²) in [5, 5.41) is 0.465. The first-order valence-corrected chi connectivity index (χ1v) is 10.6. The van der Waals surface area contributed by atoms with Gasteiger partial charge in [-0.1, -0.05) is 39.3 Å². The second-order valence-corrected chi connectivity index (χ2v) is 7.32. The maximum Gasteiger partial charge on any atom is 0.433 e. The predicted octanol–water partition coefficient (Wildman–Crippen LogP) is 4.62. The van der Waals surface area contributed by atoms with Crippen LogP contribution < -0.4 is 5.56 Å². The summed E-state index contributed by atoms with van der Waals surface area (Å²) >= 11 is 5.67. The third kappa shape index (κ3) is 12.2. The first-order valence-electron chi connectivity index (χ1n) is 7.95. The highest BCUT2D eigenvalue weighted by molar-refractivity contribution is 7.89. The van der Waals surface area contributed by atoms with E-state index in [1.165, 1.54) is 24.3 Å². The van der Waals surface area contributed by atoms with Gasteiger partial charge in [0.1, 0.15) is 16.2 Å². The fourth-order valence-corrected chi connectivity index (χ4v) is 1.48. The smallest absolute Gasteiger partial charge is 0.269 e. The number of alkyl halides is 3. The number of halogens is 4. The van der Waals surface area contributed by atoms with Crippen LogP contribution >= 0.6 is 11.6 Å². The molecule has 1 aromatic heterocycles. The zero-order valence-electron chi connectivity index (χ0n) is 16.0. The molecule has 0 fully saturated rings. The van der Waals surface area contributed by atoms with Gasteiger partial charge in [-0.3, -0.25) is 9.36 Å². The van der Waals surface area contributed by atoms with Crippen LogP contribution in [0.15, 0.2) is 41.5 Å². The highest BCUT2D eigenvalue weighted by atomic mass is 35.5. The van der Waals surface area contributed by atoms with Crippen molar-refractivity contribution in [3.8, 4) is 5.69 Å². The van der Waals surface area contributed by atoms with E-state index in [9.17, 15) is 26.4 Å². The second-order valence-electron chi connectivity index (χ2n) is 4.60. The molecule has 0 aliphatic rings. The molecule has 0 bridgehead atoms. The van der Waals surface area contributed by atoms with Gasteiger partial charge in [0, 0.05) is 23.6 Å². The van der Waals surface area contributed by atoms with Crippen molar-refractivity contribution >= 4 is 21.4 Å². The second kappa shape index (κ2) is 12.5. The lowest BCUT2D eigenvalue weighted by molar-refractivity contribution is -0.141. The van der Waals surface area contributed by atoms with Crippen LogP contribution in [-0.4, -0.2) is 30.5 Å². The van der Waals surface area contributed by atoms with E-state index in [0.29, 0.717) is 16.8 Å². The number of hydrogen-bond donors (Lipinski definition) is 0. The molecular weight excluding hydrogens is 405 g/mol. The van der Waals surface area contributed by atoms with E-state index in [1.807, 2.05) is 27.7 Å². The molecule has 0 aliphatic heterocycles. The molecule has 10 heteroatoms. The number of nitrogens with zero attached hydrogens (tertiary/aromatic N) is 2. The highest BCUT2D eigenvalue weighted by Gasteiger charge is 2.33. The molecule has 0 amide bonds. The van der Waals surface area contributed by atoms with Crippen molar-refractivity contribution in [2.45, 2.75) is 33.9 Å². The van der Waals surface area contributed by atoms with Gasteiger partial charge in [0.2, 0.25) is 0 Å². The molecule has 2 aromatic rings. The van der Waals surface area contributed by atoms with Crippen molar-refractivity contribution in [1.29, 1.82) is 0 Å². The summed E-state index contributed by atoms with van der Waals surface area (Å²) in [6.45, 7) is 8.00. The summed E-state index contributed by atoms with van der Waals surface area (Å²) in [7, 11) is -2.67. The Labute approximate surface area is 162 Å². The van der Waals surface area contributed by atoms with Gasteiger partial charge in [-0.2, -0.15) is 13.2 Å². The van der Waals surface area contributed by atoms with E-state index < -0.39 is 27.3 Å². The number of aromatic nitrogens is 2. The molecule has 1 aromatic carbocycles. The molecule has 0 N–H and O–H groups in total. The molecule has 0 spiro atoms. The average Bonchev–Trinajstić information content (AvgIpc) is 2.57. The molecule has 27 heavy (non-hydrogen) atoms. The predicted molar refractivity (Wildman–Crippen MR) is 103 cm³/mol. The zero-order valence-corrected chi connectivity index (χ0v) is 17.6. The Kier molecular flexibility index (Phi) is 12.7. The number of benzene rings is 1. The third-order valence-electron chi connectivity index (χ3n) is 2.21. The molecule has 0 saturated carbocycles. The van der Waals surface area contributed by atoms with Crippen LogP contribution in [-0.2, 0) is 16.0 Å². The average molecular weight is 429 g/mol. The number of rotatable bonds is 1. The first kappa shape index (κ1) is 27.3. The lowest BCUT2D eigenvalue weighted by Crippen LogP contribution is -2.22. The van der Waals surface area contributed by atoms with Crippen molar-refractivity contribution in [3.05, 3.63) is 57.7 Å². The van der Waals surface area contributed by atoms with Crippen LogP contribution in [0.25, 0.3) is 5.69 Å². The maximum absolute atomic E-state index is 12.3. The minimum Gasteiger partial charge on any atom is -0.269 e. The largest absolute Gasteiger partial charge is 0.433 e. The standard InChI is InChI=1S/C11H6ClF3N2O.C2H6O2S.2C2H6/c12-7-1-3-8(4-2-7)17-6-16-9(5-10(17)18)11(13,14)15;1-5(2,3)4;2*1-2/h1-6H;1-2H3;2*1-2H3. The molecule has 1 heterocycles. The quantitative estimate of drug-likeness (QED) is 0.664. The van der Waals surface area contributed by atoms with Gasteiger partial charge in [0.05, 0.1) is 5.69 Å². The van der Waals surface area contributed by atoms with Crippen LogP contribution in [0.3, 0.4) is 0 Å². The van der Waals surface area contributed by atoms with Gasteiger partial charge in [-0.15, -0.1) is 0 Å². The Morgan fingerprint density at radius 2 is 1.41 bits per heavy atom. The van der Waals surface area contributed by atoms with Gasteiger partial charge in [0.25, 0.3) is 5.56 Å². The Morgan fingerprint density at radius 1 is 1.00 bits per heavy atom. The molecule has 154 valence electrons. The minimum atomic E-state index is -4.63. The maximum atomic E-state index is 12.3. The summed E-state index contributed by atoms with van der Waals surface area (Å²) in [6, 6.07) is 6.54. The van der Waals surface area contributed by atoms with Crippen LogP contribution in [0, 0.1) is 0 Å². The van der Waals surface area contributed by atoms with Crippen molar-refractivity contribution in [1.82, 2.24) is 9.55 Å². The lowest BCUT2D eigenvalue weighted by Gasteiger charge is -2.08. The van der Waals surface area contributed by atoms with Gasteiger partial charge in [0.15, 0.2) is 5.69 Å². The third-order valence-corrected chi connectivity index (χ3v) is 2.46. The fraction of sp³-hybridized carbons (Fsp3) is 0.412. The Balaban J connectivity index is 0. The van der Waals surface area contributed by atoms with Crippen molar-refractivity contribution in [3.63, 3.8) is 0 Å². The van der Waals surface area contributed by atoms with E-state index >= 15 is 0 Å². The fourth-order valence-electron chi connectivity index (χ4n) is 1.35. The first-order chi connectivity index (χ1) is 12.4.